The third kappa shape index (κ3) is 2.45. The van der Waals surface area contributed by atoms with Gasteiger partial charge in [0.1, 0.15) is 11.9 Å². The van der Waals surface area contributed by atoms with E-state index in [0.29, 0.717) is 31.6 Å². The maximum absolute atomic E-state index is 11.9. The van der Waals surface area contributed by atoms with Crippen LogP contribution in [0.2, 0.25) is 0 Å². The number of aromatic nitrogens is 3. The summed E-state index contributed by atoms with van der Waals surface area (Å²) >= 11 is 0. The van der Waals surface area contributed by atoms with Gasteiger partial charge in [-0.05, 0) is 19.8 Å². The van der Waals surface area contributed by atoms with Gasteiger partial charge in [-0.1, -0.05) is 0 Å². The first-order valence-electron chi connectivity index (χ1n) is 6.28. The highest BCUT2D eigenvalue weighted by atomic mass is 16.5. The number of hydrogen-bond donors (Lipinski definition) is 2. The lowest BCUT2D eigenvalue weighted by Gasteiger charge is -2.31. The van der Waals surface area contributed by atoms with Crippen molar-refractivity contribution < 1.29 is 9.53 Å². The average Bonchev–Trinajstić information content (AvgIpc) is 3.08. The molecule has 2 N–H and O–H groups in total. The van der Waals surface area contributed by atoms with Crippen LogP contribution >= 0.6 is 0 Å². The molecule has 1 aromatic rings. The van der Waals surface area contributed by atoms with E-state index in [1.165, 1.54) is 0 Å². The highest BCUT2D eigenvalue weighted by Crippen LogP contribution is 2.21. The van der Waals surface area contributed by atoms with Gasteiger partial charge in [-0.3, -0.25) is 5.10 Å². The minimum Gasteiger partial charge on any atom is -0.366 e. The number of aromatic amines is 1. The predicted octanol–water partition coefficient (Wildman–Crippen LogP) is 0.358. The Labute approximate surface area is 105 Å². The van der Waals surface area contributed by atoms with E-state index in [0.717, 1.165) is 18.7 Å². The van der Waals surface area contributed by atoms with Crippen molar-refractivity contribution in [1.29, 1.82) is 0 Å². The van der Waals surface area contributed by atoms with Crippen molar-refractivity contribution in [3.63, 3.8) is 0 Å². The first kappa shape index (κ1) is 11.5. The molecule has 0 radical (unpaired) electrons. The zero-order valence-corrected chi connectivity index (χ0v) is 10.3. The lowest BCUT2D eigenvalue weighted by molar-refractivity contribution is -0.0198. The molecule has 2 heterocycles. The molecule has 1 atom stereocenters. The molecule has 2 aliphatic rings. The summed E-state index contributed by atoms with van der Waals surface area (Å²) in [5, 5.41) is 9.86. The summed E-state index contributed by atoms with van der Waals surface area (Å²) in [5.41, 5.74) is 0. The average molecular weight is 251 g/mol. The first-order valence-corrected chi connectivity index (χ1v) is 6.28. The van der Waals surface area contributed by atoms with Gasteiger partial charge in [-0.15, -0.1) is 0 Å². The largest absolute Gasteiger partial charge is 0.366 e. The van der Waals surface area contributed by atoms with Crippen LogP contribution in [0.3, 0.4) is 0 Å². The number of hydrogen-bond acceptors (Lipinski definition) is 4. The normalized spacial score (nSPS) is 24.1. The number of aryl methyl sites for hydroxylation is 1. The van der Waals surface area contributed by atoms with Crippen LogP contribution in [-0.4, -0.2) is 51.9 Å². The number of H-pyrrole nitrogens is 1. The summed E-state index contributed by atoms with van der Waals surface area (Å²) in [5.74, 6) is 1.38. The SMILES string of the molecule is Cc1nc(C2CN(C(=O)NC3CC3)CCO2)n[nH]1. The Morgan fingerprint density at radius 1 is 1.56 bits per heavy atom. The Kier molecular flexibility index (Phi) is 2.91. The molecule has 1 unspecified atom stereocenters. The van der Waals surface area contributed by atoms with E-state index in [4.69, 9.17) is 4.74 Å². The highest BCUT2D eigenvalue weighted by molar-refractivity contribution is 5.75. The molecule has 2 amide bonds. The molecule has 2 fully saturated rings. The van der Waals surface area contributed by atoms with Gasteiger partial charge in [-0.25, -0.2) is 9.78 Å². The second kappa shape index (κ2) is 4.56. The monoisotopic (exact) mass is 251 g/mol. The Hall–Kier alpha value is -1.63. The van der Waals surface area contributed by atoms with Gasteiger partial charge in [0.25, 0.3) is 0 Å². The van der Waals surface area contributed by atoms with Crippen molar-refractivity contribution in [2.24, 2.45) is 0 Å². The third-order valence-electron chi connectivity index (χ3n) is 3.16. The molecule has 1 saturated carbocycles. The van der Waals surface area contributed by atoms with E-state index < -0.39 is 0 Å². The summed E-state index contributed by atoms with van der Waals surface area (Å²) in [6.07, 6.45) is 1.97. The molecule has 1 saturated heterocycles. The standard InChI is InChI=1S/C11H17N5O2/c1-7-12-10(15-14-7)9-6-16(4-5-18-9)11(17)13-8-2-3-8/h8-9H,2-6H2,1H3,(H,13,17)(H,12,14,15). The van der Waals surface area contributed by atoms with Gasteiger partial charge in [0, 0.05) is 12.6 Å². The molecule has 0 aromatic carbocycles. The number of amides is 2. The van der Waals surface area contributed by atoms with E-state index in [-0.39, 0.29) is 12.1 Å². The van der Waals surface area contributed by atoms with Crippen LogP contribution in [0.4, 0.5) is 4.79 Å². The van der Waals surface area contributed by atoms with Crippen molar-refractivity contribution in [3.05, 3.63) is 11.6 Å². The topological polar surface area (TPSA) is 83.1 Å². The molecule has 1 aliphatic heterocycles. The predicted molar refractivity (Wildman–Crippen MR) is 62.9 cm³/mol. The molecule has 1 aliphatic carbocycles. The quantitative estimate of drug-likeness (QED) is 0.795. The molecular weight excluding hydrogens is 234 g/mol. The number of nitrogens with one attached hydrogen (secondary N) is 2. The Morgan fingerprint density at radius 2 is 2.39 bits per heavy atom. The zero-order chi connectivity index (χ0) is 12.5. The maximum atomic E-state index is 11.9. The maximum Gasteiger partial charge on any atom is 0.317 e. The van der Waals surface area contributed by atoms with Crippen LogP contribution in [0, 0.1) is 6.92 Å². The van der Waals surface area contributed by atoms with Gasteiger partial charge < -0.3 is 15.0 Å². The van der Waals surface area contributed by atoms with Crippen molar-refractivity contribution in [2.45, 2.75) is 31.9 Å². The molecule has 98 valence electrons. The molecule has 7 nitrogen and oxygen atoms in total. The summed E-state index contributed by atoms with van der Waals surface area (Å²) in [6, 6.07) is 0.377. The number of rotatable bonds is 2. The lowest BCUT2D eigenvalue weighted by atomic mass is 10.2. The Balaban J connectivity index is 1.62. The minimum absolute atomic E-state index is 0.00180. The smallest absolute Gasteiger partial charge is 0.317 e. The zero-order valence-electron chi connectivity index (χ0n) is 10.3. The lowest BCUT2D eigenvalue weighted by Crippen LogP contribution is -2.47. The van der Waals surface area contributed by atoms with Crippen LogP contribution in [0.5, 0.6) is 0 Å². The fraction of sp³-hybridized carbons (Fsp3) is 0.727. The van der Waals surface area contributed by atoms with Crippen LogP contribution in [0.1, 0.15) is 30.6 Å². The Bertz CT molecular complexity index is 442. The van der Waals surface area contributed by atoms with E-state index in [2.05, 4.69) is 20.5 Å². The second-order valence-electron chi connectivity index (χ2n) is 4.81. The molecule has 18 heavy (non-hydrogen) atoms. The van der Waals surface area contributed by atoms with Crippen LogP contribution < -0.4 is 5.32 Å². The molecule has 0 spiro atoms. The fourth-order valence-corrected chi connectivity index (χ4v) is 1.99. The van der Waals surface area contributed by atoms with Crippen molar-refractivity contribution in [2.75, 3.05) is 19.7 Å². The number of carbonyl (C=O) groups is 1. The van der Waals surface area contributed by atoms with Gasteiger partial charge in [0.05, 0.1) is 13.2 Å². The third-order valence-corrected chi connectivity index (χ3v) is 3.16. The highest BCUT2D eigenvalue weighted by Gasteiger charge is 2.31. The van der Waals surface area contributed by atoms with Crippen molar-refractivity contribution >= 4 is 6.03 Å². The molecule has 1 aromatic heterocycles. The molecule has 0 bridgehead atoms. The first-order chi connectivity index (χ1) is 8.72. The fourth-order valence-electron chi connectivity index (χ4n) is 1.99. The van der Waals surface area contributed by atoms with E-state index >= 15 is 0 Å². The van der Waals surface area contributed by atoms with Crippen molar-refractivity contribution in [1.82, 2.24) is 25.4 Å². The van der Waals surface area contributed by atoms with Crippen molar-refractivity contribution in [3.8, 4) is 0 Å². The van der Waals surface area contributed by atoms with E-state index in [9.17, 15) is 4.79 Å². The summed E-state index contributed by atoms with van der Waals surface area (Å²) < 4.78 is 5.61. The number of morpholine rings is 1. The van der Waals surface area contributed by atoms with E-state index in [1.54, 1.807) is 4.90 Å². The van der Waals surface area contributed by atoms with Gasteiger partial charge in [0.2, 0.25) is 0 Å². The van der Waals surface area contributed by atoms with Gasteiger partial charge in [-0.2, -0.15) is 5.10 Å². The number of carbonyl (C=O) groups excluding carboxylic acids is 1. The minimum atomic E-state index is -0.228. The summed E-state index contributed by atoms with van der Waals surface area (Å²) in [6.45, 7) is 3.50. The number of urea groups is 1. The van der Waals surface area contributed by atoms with Gasteiger partial charge in [0.15, 0.2) is 5.82 Å². The van der Waals surface area contributed by atoms with Crippen LogP contribution in [0.15, 0.2) is 0 Å². The number of ether oxygens (including phenoxy) is 1. The summed E-state index contributed by atoms with van der Waals surface area (Å²) in [7, 11) is 0. The summed E-state index contributed by atoms with van der Waals surface area (Å²) in [4.78, 5) is 18.0. The van der Waals surface area contributed by atoms with Gasteiger partial charge >= 0.3 is 6.03 Å². The Morgan fingerprint density at radius 3 is 3.06 bits per heavy atom. The molecule has 7 heteroatoms. The molecular formula is C11H17N5O2. The van der Waals surface area contributed by atoms with Crippen LogP contribution in [-0.2, 0) is 4.74 Å². The molecule has 3 rings (SSSR count). The second-order valence-corrected chi connectivity index (χ2v) is 4.81. The van der Waals surface area contributed by atoms with Crippen LogP contribution in [0.25, 0.3) is 0 Å². The number of nitrogens with zero attached hydrogens (tertiary/aromatic N) is 3. The van der Waals surface area contributed by atoms with E-state index in [1.807, 2.05) is 6.92 Å².